The fraction of sp³-hybridized carbons (Fsp3) is 0.444. The second-order valence-electron chi connectivity index (χ2n) is 5.66. The van der Waals surface area contributed by atoms with Crippen LogP contribution in [0.5, 0.6) is 17.2 Å². The van der Waals surface area contributed by atoms with Gasteiger partial charge in [-0.3, -0.25) is 4.90 Å². The Balaban J connectivity index is 2.07. The highest BCUT2D eigenvalue weighted by molar-refractivity contribution is 5.55. The molecule has 0 amide bonds. The largest absolute Gasteiger partial charge is 0.493 e. The minimum atomic E-state index is 0.0100. The van der Waals surface area contributed by atoms with Crippen molar-refractivity contribution in [3.05, 3.63) is 41.9 Å². The summed E-state index contributed by atoms with van der Waals surface area (Å²) in [5, 5.41) is 3.39. The lowest BCUT2D eigenvalue weighted by molar-refractivity contribution is 0.179. The SMILES string of the molecule is COc1cc(C(c2ccco2)N2CCNCC2)cc(OC)c1OC. The molecule has 1 aliphatic rings. The maximum absolute atomic E-state index is 5.73. The summed E-state index contributed by atoms with van der Waals surface area (Å²) in [6.07, 6.45) is 1.71. The summed E-state index contributed by atoms with van der Waals surface area (Å²) in [5.41, 5.74) is 1.06. The van der Waals surface area contributed by atoms with E-state index >= 15 is 0 Å². The third-order valence-electron chi connectivity index (χ3n) is 4.33. The van der Waals surface area contributed by atoms with Crippen LogP contribution >= 0.6 is 0 Å². The Kier molecular flexibility index (Phi) is 5.27. The fourth-order valence-corrected chi connectivity index (χ4v) is 3.20. The van der Waals surface area contributed by atoms with Crippen LogP contribution in [0.25, 0.3) is 0 Å². The van der Waals surface area contributed by atoms with Crippen molar-refractivity contribution in [1.82, 2.24) is 10.2 Å². The molecule has 3 rings (SSSR count). The number of benzene rings is 1. The first kappa shape index (κ1) is 16.7. The molecule has 6 nitrogen and oxygen atoms in total. The van der Waals surface area contributed by atoms with E-state index in [1.165, 1.54) is 0 Å². The van der Waals surface area contributed by atoms with Crippen molar-refractivity contribution in [3.63, 3.8) is 0 Å². The average molecular weight is 332 g/mol. The summed E-state index contributed by atoms with van der Waals surface area (Å²) in [6, 6.07) is 7.93. The summed E-state index contributed by atoms with van der Waals surface area (Å²) in [6.45, 7) is 3.81. The van der Waals surface area contributed by atoms with Crippen molar-refractivity contribution in [3.8, 4) is 17.2 Å². The smallest absolute Gasteiger partial charge is 0.203 e. The molecule has 1 N–H and O–H groups in total. The van der Waals surface area contributed by atoms with E-state index in [0.717, 1.165) is 37.5 Å². The Morgan fingerprint density at radius 3 is 2.21 bits per heavy atom. The summed E-state index contributed by atoms with van der Waals surface area (Å²) in [4.78, 5) is 2.40. The number of nitrogens with zero attached hydrogens (tertiary/aromatic N) is 1. The molecule has 0 saturated carbocycles. The van der Waals surface area contributed by atoms with Gasteiger partial charge in [-0.2, -0.15) is 0 Å². The molecule has 1 aliphatic heterocycles. The van der Waals surface area contributed by atoms with Crippen LogP contribution < -0.4 is 19.5 Å². The van der Waals surface area contributed by atoms with Crippen molar-refractivity contribution in [2.45, 2.75) is 6.04 Å². The quantitative estimate of drug-likeness (QED) is 0.876. The van der Waals surface area contributed by atoms with Gasteiger partial charge in [-0.15, -0.1) is 0 Å². The first-order valence-electron chi connectivity index (χ1n) is 8.06. The van der Waals surface area contributed by atoms with E-state index in [1.807, 2.05) is 24.3 Å². The zero-order valence-corrected chi connectivity index (χ0v) is 14.4. The highest BCUT2D eigenvalue weighted by Gasteiger charge is 2.28. The van der Waals surface area contributed by atoms with Gasteiger partial charge in [-0.1, -0.05) is 0 Å². The second-order valence-corrected chi connectivity index (χ2v) is 5.66. The molecular weight excluding hydrogens is 308 g/mol. The molecule has 0 radical (unpaired) electrons. The molecule has 0 aliphatic carbocycles. The van der Waals surface area contributed by atoms with Gasteiger partial charge >= 0.3 is 0 Å². The van der Waals surface area contributed by atoms with E-state index in [-0.39, 0.29) is 6.04 Å². The van der Waals surface area contributed by atoms with Crippen molar-refractivity contribution in [1.29, 1.82) is 0 Å². The standard InChI is InChI=1S/C18H24N2O4/c1-21-15-11-13(12-16(22-2)18(15)23-3)17(14-5-4-10-24-14)20-8-6-19-7-9-20/h4-5,10-12,17,19H,6-9H2,1-3H3. The molecule has 1 atom stereocenters. The third-order valence-corrected chi connectivity index (χ3v) is 4.33. The van der Waals surface area contributed by atoms with Gasteiger partial charge in [0.05, 0.1) is 33.6 Å². The Hall–Kier alpha value is -2.18. The van der Waals surface area contributed by atoms with Crippen LogP contribution in [-0.2, 0) is 0 Å². The van der Waals surface area contributed by atoms with Crippen molar-refractivity contribution < 1.29 is 18.6 Å². The molecular formula is C18H24N2O4. The lowest BCUT2D eigenvalue weighted by atomic mass is 10.0. The van der Waals surface area contributed by atoms with E-state index in [2.05, 4.69) is 10.2 Å². The van der Waals surface area contributed by atoms with E-state index in [1.54, 1.807) is 27.6 Å². The predicted molar refractivity (Wildman–Crippen MR) is 91.1 cm³/mol. The fourth-order valence-electron chi connectivity index (χ4n) is 3.20. The van der Waals surface area contributed by atoms with Crippen molar-refractivity contribution >= 4 is 0 Å². The molecule has 2 aromatic rings. The molecule has 1 unspecified atom stereocenters. The van der Waals surface area contributed by atoms with Crippen LogP contribution in [-0.4, -0.2) is 52.4 Å². The Bertz CT molecular complexity index is 626. The number of hydrogen-bond donors (Lipinski definition) is 1. The summed E-state index contributed by atoms with van der Waals surface area (Å²) in [5.74, 6) is 2.81. The maximum Gasteiger partial charge on any atom is 0.203 e. The predicted octanol–water partition coefficient (Wildman–Crippen LogP) is 2.30. The molecule has 24 heavy (non-hydrogen) atoms. The van der Waals surface area contributed by atoms with Gasteiger partial charge in [-0.05, 0) is 29.8 Å². The molecule has 1 aromatic heterocycles. The highest BCUT2D eigenvalue weighted by Crippen LogP contribution is 2.42. The lowest BCUT2D eigenvalue weighted by Crippen LogP contribution is -2.45. The molecule has 1 saturated heterocycles. The number of piperazine rings is 1. The van der Waals surface area contributed by atoms with Gasteiger partial charge in [0.1, 0.15) is 5.76 Å². The van der Waals surface area contributed by atoms with E-state index in [9.17, 15) is 0 Å². The molecule has 130 valence electrons. The number of rotatable bonds is 6. The van der Waals surface area contributed by atoms with Crippen LogP contribution in [0.3, 0.4) is 0 Å². The Morgan fingerprint density at radius 1 is 1.04 bits per heavy atom. The van der Waals surface area contributed by atoms with Gasteiger partial charge in [-0.25, -0.2) is 0 Å². The van der Waals surface area contributed by atoms with E-state index < -0.39 is 0 Å². The topological polar surface area (TPSA) is 56.1 Å². The van der Waals surface area contributed by atoms with Crippen LogP contribution in [0, 0.1) is 0 Å². The number of hydrogen-bond acceptors (Lipinski definition) is 6. The zero-order chi connectivity index (χ0) is 16.9. The normalized spacial score (nSPS) is 16.6. The Labute approximate surface area is 142 Å². The van der Waals surface area contributed by atoms with E-state index in [0.29, 0.717) is 17.2 Å². The maximum atomic E-state index is 5.73. The molecule has 1 fully saturated rings. The monoisotopic (exact) mass is 332 g/mol. The second kappa shape index (κ2) is 7.59. The molecule has 0 bridgehead atoms. The molecule has 1 aromatic carbocycles. The van der Waals surface area contributed by atoms with Crippen LogP contribution in [0.15, 0.2) is 34.9 Å². The van der Waals surface area contributed by atoms with Crippen molar-refractivity contribution in [2.75, 3.05) is 47.5 Å². The average Bonchev–Trinajstić information content (AvgIpc) is 3.16. The summed E-state index contributed by atoms with van der Waals surface area (Å²) in [7, 11) is 4.88. The van der Waals surface area contributed by atoms with Gasteiger partial charge < -0.3 is 23.9 Å². The van der Waals surface area contributed by atoms with Crippen LogP contribution in [0.2, 0.25) is 0 Å². The summed E-state index contributed by atoms with van der Waals surface area (Å²) >= 11 is 0. The van der Waals surface area contributed by atoms with E-state index in [4.69, 9.17) is 18.6 Å². The minimum Gasteiger partial charge on any atom is -0.493 e. The highest BCUT2D eigenvalue weighted by atomic mass is 16.5. The van der Waals surface area contributed by atoms with Gasteiger partial charge in [0.15, 0.2) is 11.5 Å². The first-order valence-corrected chi connectivity index (χ1v) is 8.06. The van der Waals surface area contributed by atoms with Crippen LogP contribution in [0.1, 0.15) is 17.4 Å². The first-order chi connectivity index (χ1) is 11.8. The molecule has 6 heteroatoms. The molecule has 0 spiro atoms. The number of ether oxygens (including phenoxy) is 3. The molecule has 2 heterocycles. The lowest BCUT2D eigenvalue weighted by Gasteiger charge is -2.34. The third kappa shape index (κ3) is 3.20. The number of methoxy groups -OCH3 is 3. The zero-order valence-electron chi connectivity index (χ0n) is 14.4. The van der Waals surface area contributed by atoms with Crippen molar-refractivity contribution in [2.24, 2.45) is 0 Å². The van der Waals surface area contributed by atoms with Gasteiger partial charge in [0.2, 0.25) is 5.75 Å². The summed E-state index contributed by atoms with van der Waals surface area (Å²) < 4.78 is 22.2. The van der Waals surface area contributed by atoms with Gasteiger partial charge in [0, 0.05) is 26.2 Å². The van der Waals surface area contributed by atoms with Gasteiger partial charge in [0.25, 0.3) is 0 Å². The number of nitrogens with one attached hydrogen (secondary N) is 1. The Morgan fingerprint density at radius 2 is 1.71 bits per heavy atom. The van der Waals surface area contributed by atoms with Crippen LogP contribution in [0.4, 0.5) is 0 Å². The number of furan rings is 1. The minimum absolute atomic E-state index is 0.0100.